The maximum absolute atomic E-state index is 11.3. The van der Waals surface area contributed by atoms with Crippen molar-refractivity contribution in [2.24, 2.45) is 0 Å². The summed E-state index contributed by atoms with van der Waals surface area (Å²) in [6.45, 7) is 1.91. The molecule has 0 spiro atoms. The first-order chi connectivity index (χ1) is 6.75. The van der Waals surface area contributed by atoms with Crippen molar-refractivity contribution in [3.05, 3.63) is 41.5 Å². The average Bonchev–Trinajstić information content (AvgIpc) is 2.47. The fraction of sp³-hybridized carbons (Fsp3) is 0.250. The van der Waals surface area contributed by atoms with Crippen LogP contribution >= 0.6 is 0 Å². The fourth-order valence-electron chi connectivity index (χ4n) is 1.56. The van der Waals surface area contributed by atoms with Crippen LogP contribution in [-0.2, 0) is 9.53 Å². The van der Waals surface area contributed by atoms with Crippen LogP contribution in [0.15, 0.2) is 35.9 Å². The van der Waals surface area contributed by atoms with E-state index in [1.807, 2.05) is 43.3 Å². The summed E-state index contributed by atoms with van der Waals surface area (Å²) in [6, 6.07) is 9.82. The van der Waals surface area contributed by atoms with E-state index in [1.54, 1.807) is 0 Å². The van der Waals surface area contributed by atoms with E-state index in [9.17, 15) is 4.79 Å². The van der Waals surface area contributed by atoms with Gasteiger partial charge in [-0.05, 0) is 18.6 Å². The highest BCUT2D eigenvalue weighted by Crippen LogP contribution is 2.22. The smallest absolute Gasteiger partial charge is 0.334 e. The van der Waals surface area contributed by atoms with Crippen molar-refractivity contribution in [3.63, 3.8) is 0 Å². The lowest BCUT2D eigenvalue weighted by Crippen LogP contribution is -1.99. The Morgan fingerprint density at radius 3 is 2.64 bits per heavy atom. The van der Waals surface area contributed by atoms with Crippen LogP contribution in [0.1, 0.15) is 18.9 Å². The summed E-state index contributed by atoms with van der Waals surface area (Å²) in [5.41, 5.74) is 1.82. The highest BCUT2D eigenvalue weighted by Gasteiger charge is 2.24. The number of ether oxygens (including phenoxy) is 1. The van der Waals surface area contributed by atoms with Gasteiger partial charge in [0.15, 0.2) is 0 Å². The first kappa shape index (κ1) is 9.00. The standard InChI is InChI=1S/C12H12O2/c1-9-7-11(12(13)14-9)8-10-5-3-2-4-6-10/h2-6,8-9H,7H2,1H3/b11-8-. The molecule has 1 aromatic carbocycles. The lowest BCUT2D eigenvalue weighted by molar-refractivity contribution is -0.138. The molecule has 1 unspecified atom stereocenters. The molecule has 0 bridgehead atoms. The van der Waals surface area contributed by atoms with E-state index in [-0.39, 0.29) is 12.1 Å². The average molecular weight is 188 g/mol. The summed E-state index contributed by atoms with van der Waals surface area (Å²) in [6.07, 6.45) is 2.64. The third kappa shape index (κ3) is 1.84. The number of carbonyl (C=O) groups is 1. The van der Waals surface area contributed by atoms with Gasteiger partial charge >= 0.3 is 5.97 Å². The normalized spacial score (nSPS) is 23.9. The molecule has 0 aromatic heterocycles. The zero-order valence-corrected chi connectivity index (χ0v) is 8.07. The first-order valence-electron chi connectivity index (χ1n) is 4.72. The summed E-state index contributed by atoms with van der Waals surface area (Å²) < 4.78 is 5.04. The van der Waals surface area contributed by atoms with E-state index in [1.165, 1.54) is 0 Å². The zero-order chi connectivity index (χ0) is 9.97. The topological polar surface area (TPSA) is 26.3 Å². The van der Waals surface area contributed by atoms with Gasteiger partial charge in [-0.25, -0.2) is 4.79 Å². The number of benzene rings is 1. The molecular weight excluding hydrogens is 176 g/mol. The van der Waals surface area contributed by atoms with Crippen molar-refractivity contribution < 1.29 is 9.53 Å². The van der Waals surface area contributed by atoms with Gasteiger partial charge in [0.05, 0.1) is 0 Å². The lowest BCUT2D eigenvalue weighted by atomic mass is 10.1. The molecule has 0 radical (unpaired) electrons. The molecule has 0 N–H and O–H groups in total. The minimum atomic E-state index is -0.179. The highest BCUT2D eigenvalue weighted by atomic mass is 16.5. The summed E-state index contributed by atoms with van der Waals surface area (Å²) in [4.78, 5) is 11.3. The molecule has 1 atom stereocenters. The number of cyclic esters (lactones) is 1. The molecule has 1 heterocycles. The summed E-state index contributed by atoms with van der Waals surface area (Å²) >= 11 is 0. The molecule has 2 nitrogen and oxygen atoms in total. The van der Waals surface area contributed by atoms with Crippen molar-refractivity contribution in [3.8, 4) is 0 Å². The number of rotatable bonds is 1. The Kier molecular flexibility index (Phi) is 2.35. The van der Waals surface area contributed by atoms with Gasteiger partial charge in [0.2, 0.25) is 0 Å². The third-order valence-corrected chi connectivity index (χ3v) is 2.22. The van der Waals surface area contributed by atoms with Crippen LogP contribution < -0.4 is 0 Å². The first-order valence-corrected chi connectivity index (χ1v) is 4.72. The predicted molar refractivity (Wildman–Crippen MR) is 54.6 cm³/mol. The van der Waals surface area contributed by atoms with Crippen LogP contribution in [0, 0.1) is 0 Å². The predicted octanol–water partition coefficient (Wildman–Crippen LogP) is 2.41. The number of carbonyl (C=O) groups excluding carboxylic acids is 1. The molecular formula is C12H12O2. The second kappa shape index (κ2) is 3.66. The number of hydrogen-bond donors (Lipinski definition) is 0. The SMILES string of the molecule is CC1C/C(=C/c2ccccc2)C(=O)O1. The van der Waals surface area contributed by atoms with Crippen molar-refractivity contribution >= 4 is 12.0 Å². The van der Waals surface area contributed by atoms with Crippen molar-refractivity contribution in [1.29, 1.82) is 0 Å². The molecule has 72 valence electrons. The molecule has 2 heteroatoms. The Hall–Kier alpha value is -1.57. The maximum atomic E-state index is 11.3. The fourth-order valence-corrected chi connectivity index (χ4v) is 1.56. The Bertz CT molecular complexity index is 365. The molecule has 1 saturated heterocycles. The molecule has 1 aromatic rings. The molecule has 0 aliphatic carbocycles. The molecule has 0 saturated carbocycles. The molecule has 1 fully saturated rings. The van der Waals surface area contributed by atoms with Gasteiger partial charge in [-0.1, -0.05) is 30.3 Å². The third-order valence-electron chi connectivity index (χ3n) is 2.22. The summed E-state index contributed by atoms with van der Waals surface area (Å²) in [7, 11) is 0. The van der Waals surface area contributed by atoms with E-state index < -0.39 is 0 Å². The summed E-state index contributed by atoms with van der Waals surface area (Å²) in [5.74, 6) is -0.179. The Balaban J connectivity index is 2.23. The second-order valence-electron chi connectivity index (χ2n) is 3.50. The van der Waals surface area contributed by atoms with Gasteiger partial charge in [0.1, 0.15) is 6.10 Å². The van der Waals surface area contributed by atoms with Gasteiger partial charge in [0, 0.05) is 12.0 Å². The van der Waals surface area contributed by atoms with Crippen LogP contribution in [0.4, 0.5) is 0 Å². The zero-order valence-electron chi connectivity index (χ0n) is 8.07. The van der Waals surface area contributed by atoms with E-state index >= 15 is 0 Å². The molecule has 1 aliphatic heterocycles. The van der Waals surface area contributed by atoms with Crippen LogP contribution in [0.3, 0.4) is 0 Å². The Morgan fingerprint density at radius 1 is 1.36 bits per heavy atom. The maximum Gasteiger partial charge on any atom is 0.334 e. The van der Waals surface area contributed by atoms with E-state index in [4.69, 9.17) is 4.74 Å². The quantitative estimate of drug-likeness (QED) is 0.499. The van der Waals surface area contributed by atoms with Crippen LogP contribution in [-0.4, -0.2) is 12.1 Å². The van der Waals surface area contributed by atoms with Gasteiger partial charge in [-0.3, -0.25) is 0 Å². The van der Waals surface area contributed by atoms with Crippen molar-refractivity contribution in [2.75, 3.05) is 0 Å². The lowest BCUT2D eigenvalue weighted by Gasteiger charge is -1.94. The Morgan fingerprint density at radius 2 is 2.07 bits per heavy atom. The summed E-state index contributed by atoms with van der Waals surface area (Å²) in [5, 5.41) is 0. The van der Waals surface area contributed by atoms with Gasteiger partial charge in [-0.2, -0.15) is 0 Å². The Labute approximate surface area is 83.2 Å². The second-order valence-corrected chi connectivity index (χ2v) is 3.50. The van der Waals surface area contributed by atoms with Gasteiger partial charge < -0.3 is 4.74 Å². The molecule has 0 amide bonds. The monoisotopic (exact) mass is 188 g/mol. The van der Waals surface area contributed by atoms with E-state index in [0.29, 0.717) is 6.42 Å². The number of hydrogen-bond acceptors (Lipinski definition) is 2. The van der Waals surface area contributed by atoms with Crippen molar-refractivity contribution in [1.82, 2.24) is 0 Å². The highest BCUT2D eigenvalue weighted by molar-refractivity contribution is 5.95. The van der Waals surface area contributed by atoms with Crippen LogP contribution in [0.25, 0.3) is 6.08 Å². The largest absolute Gasteiger partial charge is 0.459 e. The van der Waals surface area contributed by atoms with Crippen LogP contribution in [0.2, 0.25) is 0 Å². The van der Waals surface area contributed by atoms with E-state index in [0.717, 1.165) is 11.1 Å². The molecule has 14 heavy (non-hydrogen) atoms. The van der Waals surface area contributed by atoms with Crippen LogP contribution in [0.5, 0.6) is 0 Å². The number of esters is 1. The van der Waals surface area contributed by atoms with Gasteiger partial charge in [-0.15, -0.1) is 0 Å². The minimum Gasteiger partial charge on any atom is -0.459 e. The van der Waals surface area contributed by atoms with E-state index in [2.05, 4.69) is 0 Å². The molecule has 1 aliphatic rings. The van der Waals surface area contributed by atoms with Gasteiger partial charge in [0.25, 0.3) is 0 Å². The van der Waals surface area contributed by atoms with Crippen molar-refractivity contribution in [2.45, 2.75) is 19.4 Å². The molecule has 2 rings (SSSR count). The minimum absolute atomic E-state index is 0.0254.